The molecule has 0 aliphatic carbocycles. The number of benzene rings is 1. The van der Waals surface area contributed by atoms with Gasteiger partial charge in [0.2, 0.25) is 0 Å². The molecule has 0 saturated carbocycles. The van der Waals surface area contributed by atoms with Gasteiger partial charge in [-0.1, -0.05) is 15.9 Å². The number of halogens is 1. The zero-order valence-corrected chi connectivity index (χ0v) is 10.4. The fourth-order valence-electron chi connectivity index (χ4n) is 1.06. The van der Waals surface area contributed by atoms with Gasteiger partial charge in [0.05, 0.1) is 12.2 Å². The fourth-order valence-corrected chi connectivity index (χ4v) is 1.62. The van der Waals surface area contributed by atoms with E-state index < -0.39 is 0 Å². The summed E-state index contributed by atoms with van der Waals surface area (Å²) in [4.78, 5) is 0. The van der Waals surface area contributed by atoms with Crippen molar-refractivity contribution in [3.05, 3.63) is 28.2 Å². The first kappa shape index (κ1) is 11.5. The van der Waals surface area contributed by atoms with E-state index in [2.05, 4.69) is 15.9 Å². The summed E-state index contributed by atoms with van der Waals surface area (Å²) in [5.41, 5.74) is 7.45. The molecule has 0 heterocycles. The molecule has 78 valence electrons. The lowest BCUT2D eigenvalue weighted by atomic mass is 10.1. The summed E-state index contributed by atoms with van der Waals surface area (Å²) in [7, 11) is 0. The molecule has 14 heavy (non-hydrogen) atoms. The van der Waals surface area contributed by atoms with E-state index >= 15 is 0 Å². The van der Waals surface area contributed by atoms with E-state index in [0.717, 1.165) is 15.7 Å². The summed E-state index contributed by atoms with van der Waals surface area (Å²) in [6.07, 6.45) is 0. The zero-order chi connectivity index (χ0) is 10.8. The Morgan fingerprint density at radius 1 is 1.29 bits per heavy atom. The molecule has 2 nitrogen and oxygen atoms in total. The van der Waals surface area contributed by atoms with Crippen LogP contribution in [0.1, 0.15) is 26.3 Å². The Bertz CT molecular complexity index is 297. The van der Waals surface area contributed by atoms with Crippen molar-refractivity contribution in [3.8, 4) is 0 Å². The molecule has 1 aromatic rings. The minimum absolute atomic E-state index is 0.114. The summed E-state index contributed by atoms with van der Waals surface area (Å²) >= 11 is 3.40. The van der Waals surface area contributed by atoms with E-state index in [9.17, 15) is 0 Å². The van der Waals surface area contributed by atoms with Crippen LogP contribution in [0.2, 0.25) is 0 Å². The zero-order valence-electron chi connectivity index (χ0n) is 8.80. The largest absolute Gasteiger partial charge is 0.399 e. The average Bonchev–Trinajstić information content (AvgIpc) is 1.97. The third kappa shape index (κ3) is 4.11. The SMILES string of the molecule is CC(C)(C)OCc1cc(N)cc(Br)c1. The standard InChI is InChI=1S/C11H16BrNO/c1-11(2,3)14-7-8-4-9(12)6-10(13)5-8/h4-6H,7,13H2,1-3H3. The van der Waals surface area contributed by atoms with Gasteiger partial charge < -0.3 is 10.5 Å². The fraction of sp³-hybridized carbons (Fsp3) is 0.455. The van der Waals surface area contributed by atoms with Crippen LogP contribution < -0.4 is 5.73 Å². The van der Waals surface area contributed by atoms with Gasteiger partial charge in [-0.25, -0.2) is 0 Å². The second-order valence-electron chi connectivity index (χ2n) is 4.29. The van der Waals surface area contributed by atoms with Crippen LogP contribution in [0.3, 0.4) is 0 Å². The van der Waals surface area contributed by atoms with Crippen LogP contribution in [0.4, 0.5) is 5.69 Å². The van der Waals surface area contributed by atoms with Crippen molar-refractivity contribution in [1.29, 1.82) is 0 Å². The first-order chi connectivity index (χ1) is 6.37. The molecule has 0 spiro atoms. The number of hydrogen-bond acceptors (Lipinski definition) is 2. The highest BCUT2D eigenvalue weighted by atomic mass is 79.9. The maximum absolute atomic E-state index is 5.71. The molecule has 1 aromatic carbocycles. The highest BCUT2D eigenvalue weighted by Crippen LogP contribution is 2.19. The van der Waals surface area contributed by atoms with Gasteiger partial charge in [0.1, 0.15) is 0 Å². The Balaban J connectivity index is 2.68. The summed E-state index contributed by atoms with van der Waals surface area (Å²) in [5.74, 6) is 0. The van der Waals surface area contributed by atoms with Crippen molar-refractivity contribution in [2.45, 2.75) is 33.0 Å². The lowest BCUT2D eigenvalue weighted by Gasteiger charge is -2.19. The van der Waals surface area contributed by atoms with E-state index in [-0.39, 0.29) is 5.60 Å². The Morgan fingerprint density at radius 3 is 2.43 bits per heavy atom. The van der Waals surface area contributed by atoms with Crippen molar-refractivity contribution in [2.75, 3.05) is 5.73 Å². The smallest absolute Gasteiger partial charge is 0.0725 e. The number of nitrogen functional groups attached to an aromatic ring is 1. The number of ether oxygens (including phenoxy) is 1. The molecule has 0 aliphatic heterocycles. The Morgan fingerprint density at radius 2 is 1.93 bits per heavy atom. The van der Waals surface area contributed by atoms with Gasteiger partial charge in [-0.15, -0.1) is 0 Å². The number of nitrogens with two attached hydrogens (primary N) is 1. The second-order valence-corrected chi connectivity index (χ2v) is 5.21. The van der Waals surface area contributed by atoms with Crippen LogP contribution in [0.15, 0.2) is 22.7 Å². The summed E-state index contributed by atoms with van der Waals surface area (Å²) in [6.45, 7) is 6.70. The third-order valence-corrected chi connectivity index (χ3v) is 2.11. The molecule has 0 fully saturated rings. The van der Waals surface area contributed by atoms with Crippen molar-refractivity contribution in [2.24, 2.45) is 0 Å². The molecular weight excluding hydrogens is 242 g/mol. The molecule has 0 saturated heterocycles. The molecule has 0 bridgehead atoms. The van der Waals surface area contributed by atoms with Crippen LogP contribution in [0, 0.1) is 0 Å². The van der Waals surface area contributed by atoms with Crippen LogP contribution in [-0.4, -0.2) is 5.60 Å². The molecule has 0 amide bonds. The molecule has 0 unspecified atom stereocenters. The monoisotopic (exact) mass is 257 g/mol. The van der Waals surface area contributed by atoms with Crippen molar-refractivity contribution in [3.63, 3.8) is 0 Å². The van der Waals surface area contributed by atoms with Crippen molar-refractivity contribution in [1.82, 2.24) is 0 Å². The quantitative estimate of drug-likeness (QED) is 0.825. The van der Waals surface area contributed by atoms with Gasteiger partial charge in [-0.05, 0) is 44.5 Å². The number of rotatable bonds is 2. The third-order valence-electron chi connectivity index (χ3n) is 1.65. The molecule has 1 rings (SSSR count). The van der Waals surface area contributed by atoms with E-state index in [0.29, 0.717) is 6.61 Å². The molecular formula is C11H16BrNO. The van der Waals surface area contributed by atoms with E-state index in [4.69, 9.17) is 10.5 Å². The Labute approximate surface area is 93.6 Å². The minimum Gasteiger partial charge on any atom is -0.399 e. The highest BCUT2D eigenvalue weighted by molar-refractivity contribution is 9.10. The number of hydrogen-bond donors (Lipinski definition) is 1. The Kier molecular flexibility index (Phi) is 3.56. The maximum atomic E-state index is 5.71. The topological polar surface area (TPSA) is 35.2 Å². The minimum atomic E-state index is -0.114. The van der Waals surface area contributed by atoms with Crippen LogP contribution in [0.5, 0.6) is 0 Å². The van der Waals surface area contributed by atoms with E-state index in [1.54, 1.807) is 0 Å². The van der Waals surface area contributed by atoms with Gasteiger partial charge in [-0.2, -0.15) is 0 Å². The predicted octanol–water partition coefficient (Wildman–Crippen LogP) is 3.35. The van der Waals surface area contributed by atoms with Gasteiger partial charge in [0, 0.05) is 10.2 Å². The van der Waals surface area contributed by atoms with Crippen molar-refractivity contribution >= 4 is 21.6 Å². The average molecular weight is 258 g/mol. The molecule has 0 aromatic heterocycles. The first-order valence-electron chi connectivity index (χ1n) is 4.56. The highest BCUT2D eigenvalue weighted by Gasteiger charge is 2.10. The summed E-state index contributed by atoms with van der Waals surface area (Å²) < 4.78 is 6.64. The maximum Gasteiger partial charge on any atom is 0.0725 e. The predicted molar refractivity (Wildman–Crippen MR) is 63.1 cm³/mol. The van der Waals surface area contributed by atoms with Crippen molar-refractivity contribution < 1.29 is 4.74 Å². The summed E-state index contributed by atoms with van der Waals surface area (Å²) in [6, 6.07) is 5.82. The van der Waals surface area contributed by atoms with Gasteiger partial charge in [0.15, 0.2) is 0 Å². The number of anilines is 1. The van der Waals surface area contributed by atoms with Crippen LogP contribution >= 0.6 is 15.9 Å². The van der Waals surface area contributed by atoms with Gasteiger partial charge in [0.25, 0.3) is 0 Å². The molecule has 2 N–H and O–H groups in total. The van der Waals surface area contributed by atoms with Crippen LogP contribution in [-0.2, 0) is 11.3 Å². The van der Waals surface area contributed by atoms with Gasteiger partial charge >= 0.3 is 0 Å². The second kappa shape index (κ2) is 4.32. The Hall–Kier alpha value is -0.540. The van der Waals surface area contributed by atoms with Gasteiger partial charge in [-0.3, -0.25) is 0 Å². The first-order valence-corrected chi connectivity index (χ1v) is 5.35. The van der Waals surface area contributed by atoms with Crippen LogP contribution in [0.25, 0.3) is 0 Å². The summed E-state index contributed by atoms with van der Waals surface area (Å²) in [5, 5.41) is 0. The molecule has 0 atom stereocenters. The molecule has 3 heteroatoms. The normalized spacial score (nSPS) is 11.7. The molecule has 0 radical (unpaired) electrons. The van der Waals surface area contributed by atoms with E-state index in [1.165, 1.54) is 0 Å². The van der Waals surface area contributed by atoms with E-state index in [1.807, 2.05) is 39.0 Å². The molecule has 0 aliphatic rings. The lowest BCUT2D eigenvalue weighted by Crippen LogP contribution is -2.18. The lowest BCUT2D eigenvalue weighted by molar-refractivity contribution is -0.0149.